The summed E-state index contributed by atoms with van der Waals surface area (Å²) < 4.78 is 29.0. The summed E-state index contributed by atoms with van der Waals surface area (Å²) in [5, 5.41) is 10.4. The zero-order valence-corrected chi connectivity index (χ0v) is 12.1. The van der Waals surface area contributed by atoms with Crippen LogP contribution in [-0.4, -0.2) is 26.4 Å². The largest absolute Gasteiger partial charge is 0.497 e. The van der Waals surface area contributed by atoms with E-state index in [2.05, 4.69) is 0 Å². The van der Waals surface area contributed by atoms with Gasteiger partial charge in [-0.2, -0.15) is 0 Å². The van der Waals surface area contributed by atoms with Crippen molar-refractivity contribution in [3.63, 3.8) is 0 Å². The van der Waals surface area contributed by atoms with E-state index in [1.807, 2.05) is 0 Å². The molecule has 2 aromatic rings. The minimum absolute atomic E-state index is 0.132. The van der Waals surface area contributed by atoms with Crippen LogP contribution in [0.4, 0.5) is 4.39 Å². The Morgan fingerprint density at radius 3 is 2.19 bits per heavy atom. The van der Waals surface area contributed by atoms with Gasteiger partial charge in [-0.3, -0.25) is 0 Å². The number of hydrogen-bond donors (Lipinski definition) is 1. The number of ether oxygens (including phenoxy) is 3. The molecule has 0 aliphatic rings. The molecule has 21 heavy (non-hydrogen) atoms. The summed E-state index contributed by atoms with van der Waals surface area (Å²) in [5.74, 6) is 0.691. The van der Waals surface area contributed by atoms with Crippen molar-refractivity contribution in [2.75, 3.05) is 21.3 Å². The van der Waals surface area contributed by atoms with Crippen molar-refractivity contribution in [2.45, 2.75) is 6.10 Å². The fourth-order valence-electron chi connectivity index (χ4n) is 2.08. The van der Waals surface area contributed by atoms with Gasteiger partial charge in [-0.15, -0.1) is 0 Å². The van der Waals surface area contributed by atoms with E-state index in [-0.39, 0.29) is 5.75 Å². The zero-order valence-electron chi connectivity index (χ0n) is 12.1. The lowest BCUT2D eigenvalue weighted by Crippen LogP contribution is -2.03. The number of methoxy groups -OCH3 is 3. The van der Waals surface area contributed by atoms with E-state index in [0.717, 1.165) is 0 Å². The quantitative estimate of drug-likeness (QED) is 0.920. The molecule has 2 rings (SSSR count). The third-order valence-electron chi connectivity index (χ3n) is 3.23. The average molecular weight is 292 g/mol. The predicted octanol–water partition coefficient (Wildman–Crippen LogP) is 2.93. The second-order valence-corrected chi connectivity index (χ2v) is 4.40. The van der Waals surface area contributed by atoms with Crippen LogP contribution in [0.2, 0.25) is 0 Å². The van der Waals surface area contributed by atoms with Crippen LogP contribution in [0.1, 0.15) is 17.2 Å². The Morgan fingerprint density at radius 2 is 1.62 bits per heavy atom. The van der Waals surface area contributed by atoms with Crippen LogP contribution in [0, 0.1) is 5.82 Å². The molecular formula is C16H17FO4. The number of benzene rings is 2. The molecule has 2 aromatic carbocycles. The minimum Gasteiger partial charge on any atom is -0.497 e. The Labute approximate surface area is 122 Å². The van der Waals surface area contributed by atoms with E-state index in [1.54, 1.807) is 31.4 Å². The maximum absolute atomic E-state index is 13.7. The average Bonchev–Trinajstić information content (AvgIpc) is 2.53. The SMILES string of the molecule is COc1ccc(C(O)c2ccc(OC)c(F)c2)c(OC)c1. The highest BCUT2D eigenvalue weighted by Crippen LogP contribution is 2.34. The molecule has 1 N–H and O–H groups in total. The molecule has 1 unspecified atom stereocenters. The maximum Gasteiger partial charge on any atom is 0.165 e. The molecule has 0 bridgehead atoms. The number of halogens is 1. The van der Waals surface area contributed by atoms with Gasteiger partial charge in [0.05, 0.1) is 21.3 Å². The summed E-state index contributed by atoms with van der Waals surface area (Å²) in [6.07, 6.45) is -1.01. The van der Waals surface area contributed by atoms with E-state index in [1.165, 1.54) is 26.4 Å². The van der Waals surface area contributed by atoms with Crippen molar-refractivity contribution in [2.24, 2.45) is 0 Å². The van der Waals surface area contributed by atoms with Crippen molar-refractivity contribution in [3.05, 3.63) is 53.3 Å². The maximum atomic E-state index is 13.7. The molecule has 0 saturated carbocycles. The third-order valence-corrected chi connectivity index (χ3v) is 3.23. The molecule has 0 spiro atoms. The highest BCUT2D eigenvalue weighted by Gasteiger charge is 2.18. The van der Waals surface area contributed by atoms with Crippen LogP contribution in [0.5, 0.6) is 17.2 Å². The molecule has 1 atom stereocenters. The summed E-state index contributed by atoms with van der Waals surface area (Å²) in [7, 11) is 4.43. The van der Waals surface area contributed by atoms with Gasteiger partial charge in [-0.25, -0.2) is 4.39 Å². The molecule has 0 saturated heterocycles. The highest BCUT2D eigenvalue weighted by molar-refractivity contribution is 5.45. The van der Waals surface area contributed by atoms with E-state index >= 15 is 0 Å². The topological polar surface area (TPSA) is 47.9 Å². The number of rotatable bonds is 5. The lowest BCUT2D eigenvalue weighted by atomic mass is 10.00. The first-order valence-electron chi connectivity index (χ1n) is 6.34. The van der Waals surface area contributed by atoms with E-state index < -0.39 is 11.9 Å². The van der Waals surface area contributed by atoms with Crippen LogP contribution in [-0.2, 0) is 0 Å². The van der Waals surface area contributed by atoms with Gasteiger partial charge in [-0.1, -0.05) is 6.07 Å². The van der Waals surface area contributed by atoms with Crippen molar-refractivity contribution in [3.8, 4) is 17.2 Å². The third kappa shape index (κ3) is 3.08. The Kier molecular flexibility index (Phi) is 4.65. The fourth-order valence-corrected chi connectivity index (χ4v) is 2.08. The number of hydrogen-bond acceptors (Lipinski definition) is 4. The molecule has 4 nitrogen and oxygen atoms in total. The second kappa shape index (κ2) is 6.45. The first-order chi connectivity index (χ1) is 10.1. The summed E-state index contributed by atoms with van der Waals surface area (Å²) >= 11 is 0. The fraction of sp³-hybridized carbons (Fsp3) is 0.250. The molecule has 0 amide bonds. The molecule has 0 heterocycles. The van der Waals surface area contributed by atoms with Gasteiger partial charge in [-0.05, 0) is 29.8 Å². The lowest BCUT2D eigenvalue weighted by molar-refractivity contribution is 0.213. The van der Waals surface area contributed by atoms with Gasteiger partial charge < -0.3 is 19.3 Å². The minimum atomic E-state index is -1.01. The van der Waals surface area contributed by atoms with E-state index in [0.29, 0.717) is 22.6 Å². The normalized spacial score (nSPS) is 11.9. The van der Waals surface area contributed by atoms with E-state index in [4.69, 9.17) is 14.2 Å². The van der Waals surface area contributed by atoms with E-state index in [9.17, 15) is 9.50 Å². The van der Waals surface area contributed by atoms with Gasteiger partial charge >= 0.3 is 0 Å². The van der Waals surface area contributed by atoms with Crippen molar-refractivity contribution in [1.82, 2.24) is 0 Å². The van der Waals surface area contributed by atoms with Gasteiger partial charge in [0.15, 0.2) is 11.6 Å². The van der Waals surface area contributed by atoms with Gasteiger partial charge in [0.2, 0.25) is 0 Å². The Bertz CT molecular complexity index is 628. The Hall–Kier alpha value is -2.27. The monoisotopic (exact) mass is 292 g/mol. The standard InChI is InChI=1S/C16H17FO4/c1-19-11-5-6-12(15(9-11)21-3)16(18)10-4-7-14(20-2)13(17)8-10/h4-9,16,18H,1-3H3. The Balaban J connectivity index is 2.39. The van der Waals surface area contributed by atoms with Crippen molar-refractivity contribution >= 4 is 0 Å². The van der Waals surface area contributed by atoms with Crippen LogP contribution in [0.3, 0.4) is 0 Å². The Morgan fingerprint density at radius 1 is 0.905 bits per heavy atom. The number of aliphatic hydroxyl groups excluding tert-OH is 1. The van der Waals surface area contributed by atoms with Gasteiger partial charge in [0.25, 0.3) is 0 Å². The van der Waals surface area contributed by atoms with Crippen LogP contribution < -0.4 is 14.2 Å². The molecule has 0 radical (unpaired) electrons. The van der Waals surface area contributed by atoms with Crippen LogP contribution >= 0.6 is 0 Å². The first-order valence-corrected chi connectivity index (χ1v) is 6.34. The van der Waals surface area contributed by atoms with Gasteiger partial charge in [0, 0.05) is 11.6 Å². The molecule has 5 heteroatoms. The molecule has 112 valence electrons. The molecule has 0 aromatic heterocycles. The summed E-state index contributed by atoms with van der Waals surface area (Å²) in [5.41, 5.74) is 0.944. The zero-order chi connectivity index (χ0) is 15.4. The first kappa shape index (κ1) is 15.1. The number of aliphatic hydroxyl groups is 1. The summed E-state index contributed by atoms with van der Waals surface area (Å²) in [4.78, 5) is 0. The summed E-state index contributed by atoms with van der Waals surface area (Å²) in [6, 6.07) is 9.39. The highest BCUT2D eigenvalue weighted by atomic mass is 19.1. The predicted molar refractivity (Wildman–Crippen MR) is 76.6 cm³/mol. The van der Waals surface area contributed by atoms with Gasteiger partial charge in [0.1, 0.15) is 17.6 Å². The summed E-state index contributed by atoms with van der Waals surface area (Å²) in [6.45, 7) is 0. The van der Waals surface area contributed by atoms with Crippen LogP contribution in [0.25, 0.3) is 0 Å². The smallest absolute Gasteiger partial charge is 0.165 e. The molecule has 0 aliphatic carbocycles. The van der Waals surface area contributed by atoms with Crippen molar-refractivity contribution < 1.29 is 23.7 Å². The van der Waals surface area contributed by atoms with Crippen molar-refractivity contribution in [1.29, 1.82) is 0 Å². The van der Waals surface area contributed by atoms with Crippen LogP contribution in [0.15, 0.2) is 36.4 Å². The second-order valence-electron chi connectivity index (χ2n) is 4.40. The molecule has 0 aliphatic heterocycles. The molecular weight excluding hydrogens is 275 g/mol. The molecule has 0 fully saturated rings. The lowest BCUT2D eigenvalue weighted by Gasteiger charge is -2.16.